The first-order chi connectivity index (χ1) is 15.1. The summed E-state index contributed by atoms with van der Waals surface area (Å²) in [6.07, 6.45) is 2.37. The lowest BCUT2D eigenvalue weighted by Gasteiger charge is -2.28. The number of ether oxygens (including phenoxy) is 3. The van der Waals surface area contributed by atoms with Crippen LogP contribution in [0.1, 0.15) is 24.8 Å². The van der Waals surface area contributed by atoms with Crippen LogP contribution >= 0.6 is 0 Å². The second kappa shape index (κ2) is 11.2. The predicted octanol–water partition coefficient (Wildman–Crippen LogP) is 3.56. The Kier molecular flexibility index (Phi) is 8.12. The van der Waals surface area contributed by atoms with Crippen LogP contribution < -0.4 is 25.0 Å². The maximum atomic E-state index is 12.4. The first kappa shape index (κ1) is 22.4. The van der Waals surface area contributed by atoms with E-state index in [2.05, 4.69) is 10.6 Å². The summed E-state index contributed by atoms with van der Waals surface area (Å²) >= 11 is 0. The van der Waals surface area contributed by atoms with Gasteiger partial charge in [0.05, 0.1) is 19.4 Å². The molecule has 2 aromatic rings. The van der Waals surface area contributed by atoms with Gasteiger partial charge in [-0.05, 0) is 48.7 Å². The number of urea groups is 1. The summed E-state index contributed by atoms with van der Waals surface area (Å²) in [6, 6.07) is 12.5. The van der Waals surface area contributed by atoms with Crippen LogP contribution in [-0.2, 0) is 16.1 Å². The molecule has 1 aliphatic rings. The minimum Gasteiger partial charge on any atom is -0.495 e. The van der Waals surface area contributed by atoms with Gasteiger partial charge in [-0.25, -0.2) is 4.79 Å². The Labute approximate surface area is 182 Å². The van der Waals surface area contributed by atoms with Gasteiger partial charge in [-0.1, -0.05) is 12.1 Å². The molecule has 1 aliphatic heterocycles. The number of piperidine rings is 1. The zero-order valence-electron chi connectivity index (χ0n) is 18.0. The maximum Gasteiger partial charge on any atom is 0.319 e. The molecular weight excluding hydrogens is 398 g/mol. The van der Waals surface area contributed by atoms with Gasteiger partial charge in [0.2, 0.25) is 5.91 Å². The molecule has 0 spiro atoms. The zero-order valence-corrected chi connectivity index (χ0v) is 18.0. The van der Waals surface area contributed by atoms with Gasteiger partial charge in [-0.3, -0.25) is 4.79 Å². The fourth-order valence-electron chi connectivity index (χ4n) is 3.34. The second-order valence-electron chi connectivity index (χ2n) is 7.18. The number of rotatable bonds is 9. The Balaban J connectivity index is 1.56. The van der Waals surface area contributed by atoms with E-state index in [1.54, 1.807) is 37.3 Å². The number of carbonyl (C=O) groups is 2. The van der Waals surface area contributed by atoms with Gasteiger partial charge >= 0.3 is 6.03 Å². The summed E-state index contributed by atoms with van der Waals surface area (Å²) in [5.41, 5.74) is 2.21. The molecule has 2 N–H and O–H groups in total. The fraction of sp³-hybridized carbons (Fsp3) is 0.391. The van der Waals surface area contributed by atoms with Crippen LogP contribution in [0.2, 0.25) is 0 Å². The summed E-state index contributed by atoms with van der Waals surface area (Å²) in [4.78, 5) is 26.4. The van der Waals surface area contributed by atoms with Crippen LogP contribution in [0.15, 0.2) is 42.5 Å². The summed E-state index contributed by atoms with van der Waals surface area (Å²) in [5.74, 6) is 1.43. The number of nitrogens with one attached hydrogen (secondary N) is 2. The standard InChI is InChI=1S/C23H29N3O5/c1-29-13-14-31-19-9-6-17(7-10-19)16-24-23(28)25-18-8-11-21(30-2)20(15-18)26-12-4-3-5-22(26)27/h6-11,15H,3-5,12-14,16H2,1-2H3,(H2,24,25,28). The highest BCUT2D eigenvalue weighted by Crippen LogP contribution is 2.33. The van der Waals surface area contributed by atoms with E-state index in [4.69, 9.17) is 14.2 Å². The largest absolute Gasteiger partial charge is 0.495 e. The van der Waals surface area contributed by atoms with E-state index >= 15 is 0 Å². The summed E-state index contributed by atoms with van der Waals surface area (Å²) in [6.45, 7) is 2.04. The lowest BCUT2D eigenvalue weighted by atomic mass is 10.1. The monoisotopic (exact) mass is 427 g/mol. The van der Waals surface area contributed by atoms with Crippen molar-refractivity contribution in [1.82, 2.24) is 5.32 Å². The van der Waals surface area contributed by atoms with Crippen molar-refractivity contribution in [2.75, 3.05) is 44.2 Å². The van der Waals surface area contributed by atoms with Crippen LogP contribution in [0, 0.1) is 0 Å². The average molecular weight is 428 g/mol. The number of benzene rings is 2. The number of hydrogen-bond acceptors (Lipinski definition) is 5. The van der Waals surface area contributed by atoms with Crippen molar-refractivity contribution < 1.29 is 23.8 Å². The Morgan fingerprint density at radius 3 is 2.58 bits per heavy atom. The molecule has 3 amide bonds. The number of anilines is 2. The van der Waals surface area contributed by atoms with Gasteiger partial charge in [0.1, 0.15) is 18.1 Å². The molecule has 8 nitrogen and oxygen atoms in total. The van der Waals surface area contributed by atoms with Crippen molar-refractivity contribution in [1.29, 1.82) is 0 Å². The zero-order chi connectivity index (χ0) is 22.1. The Morgan fingerprint density at radius 2 is 1.87 bits per heavy atom. The molecule has 1 fully saturated rings. The van der Waals surface area contributed by atoms with E-state index in [0.717, 1.165) is 24.2 Å². The normalized spacial score (nSPS) is 13.6. The molecule has 1 heterocycles. The fourth-order valence-corrected chi connectivity index (χ4v) is 3.34. The number of methoxy groups -OCH3 is 2. The van der Waals surface area contributed by atoms with Gasteiger partial charge < -0.3 is 29.7 Å². The third-order valence-corrected chi connectivity index (χ3v) is 4.98. The van der Waals surface area contributed by atoms with Gasteiger partial charge in [-0.15, -0.1) is 0 Å². The molecular formula is C23H29N3O5. The van der Waals surface area contributed by atoms with Gasteiger partial charge in [0.25, 0.3) is 0 Å². The number of nitrogens with zero attached hydrogens (tertiary/aromatic N) is 1. The predicted molar refractivity (Wildman–Crippen MR) is 119 cm³/mol. The Morgan fingerprint density at radius 1 is 1.06 bits per heavy atom. The first-order valence-electron chi connectivity index (χ1n) is 10.3. The van der Waals surface area contributed by atoms with Crippen molar-refractivity contribution in [3.05, 3.63) is 48.0 Å². The van der Waals surface area contributed by atoms with Gasteiger partial charge in [-0.2, -0.15) is 0 Å². The molecule has 0 atom stereocenters. The van der Waals surface area contributed by atoms with Crippen LogP contribution in [0.25, 0.3) is 0 Å². The second-order valence-corrected chi connectivity index (χ2v) is 7.18. The highest BCUT2D eigenvalue weighted by Gasteiger charge is 2.23. The molecule has 3 rings (SSSR count). The van der Waals surface area contributed by atoms with Crippen LogP contribution in [-0.4, -0.2) is 45.9 Å². The van der Waals surface area contributed by atoms with Crippen LogP contribution in [0.5, 0.6) is 11.5 Å². The summed E-state index contributed by atoms with van der Waals surface area (Å²) in [7, 11) is 3.20. The van der Waals surface area contributed by atoms with Gasteiger partial charge in [0, 0.05) is 32.3 Å². The Hall–Kier alpha value is -3.26. The lowest BCUT2D eigenvalue weighted by molar-refractivity contribution is -0.119. The molecule has 0 radical (unpaired) electrons. The third-order valence-electron chi connectivity index (χ3n) is 4.98. The minimum atomic E-state index is -0.332. The smallest absolute Gasteiger partial charge is 0.319 e. The van der Waals surface area contributed by atoms with Gasteiger partial charge in [0.15, 0.2) is 0 Å². The van der Waals surface area contributed by atoms with Crippen molar-refractivity contribution >= 4 is 23.3 Å². The molecule has 8 heteroatoms. The maximum absolute atomic E-state index is 12.4. The van der Waals surface area contributed by atoms with Crippen molar-refractivity contribution in [2.45, 2.75) is 25.8 Å². The average Bonchev–Trinajstić information content (AvgIpc) is 2.79. The van der Waals surface area contributed by atoms with Crippen molar-refractivity contribution in [3.8, 4) is 11.5 Å². The highest BCUT2D eigenvalue weighted by atomic mass is 16.5. The number of amides is 3. The van der Waals surface area contributed by atoms with E-state index in [1.807, 2.05) is 24.3 Å². The summed E-state index contributed by atoms with van der Waals surface area (Å²) < 4.78 is 15.9. The van der Waals surface area contributed by atoms with Crippen molar-refractivity contribution in [3.63, 3.8) is 0 Å². The minimum absolute atomic E-state index is 0.0702. The molecule has 0 unspecified atom stereocenters. The number of carbonyl (C=O) groups excluding carboxylic acids is 2. The molecule has 0 aromatic heterocycles. The summed E-state index contributed by atoms with van der Waals surface area (Å²) in [5, 5.41) is 5.65. The molecule has 0 saturated carbocycles. The number of hydrogen-bond donors (Lipinski definition) is 2. The van der Waals surface area contributed by atoms with Crippen LogP contribution in [0.4, 0.5) is 16.2 Å². The molecule has 1 saturated heterocycles. The molecule has 166 valence electrons. The highest BCUT2D eigenvalue weighted by molar-refractivity contribution is 5.97. The van der Waals surface area contributed by atoms with Crippen molar-refractivity contribution in [2.24, 2.45) is 0 Å². The van der Waals surface area contributed by atoms with E-state index in [-0.39, 0.29) is 11.9 Å². The molecule has 0 bridgehead atoms. The Bertz CT molecular complexity index is 885. The molecule has 0 aliphatic carbocycles. The van der Waals surface area contributed by atoms with E-state index in [1.165, 1.54) is 0 Å². The quantitative estimate of drug-likeness (QED) is 0.598. The SMILES string of the molecule is COCCOc1ccc(CNC(=O)Nc2ccc(OC)c(N3CCCCC3=O)c2)cc1. The van der Waals surface area contributed by atoms with E-state index < -0.39 is 0 Å². The van der Waals surface area contributed by atoms with E-state index in [0.29, 0.717) is 49.8 Å². The third kappa shape index (κ3) is 6.36. The topological polar surface area (TPSA) is 89.1 Å². The lowest BCUT2D eigenvalue weighted by Crippen LogP contribution is -2.35. The molecule has 31 heavy (non-hydrogen) atoms. The molecule has 2 aromatic carbocycles. The van der Waals surface area contributed by atoms with Crippen LogP contribution in [0.3, 0.4) is 0 Å². The first-order valence-corrected chi connectivity index (χ1v) is 10.3. The van der Waals surface area contributed by atoms with E-state index in [9.17, 15) is 9.59 Å².